The van der Waals surface area contributed by atoms with Crippen molar-refractivity contribution in [3.63, 3.8) is 0 Å². The topological polar surface area (TPSA) is 49.9 Å². The van der Waals surface area contributed by atoms with E-state index in [4.69, 9.17) is 4.74 Å². The summed E-state index contributed by atoms with van der Waals surface area (Å²) in [5, 5.41) is 1.86. The molecule has 0 unspecified atom stereocenters. The Morgan fingerprint density at radius 2 is 2.08 bits per heavy atom. The molecule has 0 amide bonds. The van der Waals surface area contributed by atoms with Crippen LogP contribution in [0, 0.1) is 12.8 Å². The lowest BCUT2D eigenvalue weighted by atomic mass is 10.0. The van der Waals surface area contributed by atoms with Gasteiger partial charge in [-0.1, -0.05) is 12.8 Å². The van der Waals surface area contributed by atoms with E-state index >= 15 is 0 Å². The minimum Gasteiger partial charge on any atom is -0.374 e. The maximum atomic E-state index is 13.0. The average molecular weight is 371 g/mol. The van der Waals surface area contributed by atoms with Crippen molar-refractivity contribution >= 4 is 21.4 Å². The van der Waals surface area contributed by atoms with E-state index in [1.54, 1.807) is 4.31 Å². The number of sulfonamides is 1. The molecule has 134 valence electrons. The third-order valence-electron chi connectivity index (χ3n) is 5.74. The fourth-order valence-corrected chi connectivity index (χ4v) is 7.43. The highest BCUT2D eigenvalue weighted by atomic mass is 32.2. The minimum atomic E-state index is -3.39. The van der Waals surface area contributed by atoms with Crippen LogP contribution in [0.4, 0.5) is 0 Å². The highest BCUT2D eigenvalue weighted by Crippen LogP contribution is 2.33. The number of nitrogens with zero attached hydrogens (tertiary/aromatic N) is 2. The summed E-state index contributed by atoms with van der Waals surface area (Å²) in [6, 6.07) is 2.10. The fourth-order valence-electron chi connectivity index (χ4n) is 4.41. The van der Waals surface area contributed by atoms with Gasteiger partial charge in [-0.2, -0.15) is 4.31 Å². The van der Waals surface area contributed by atoms with E-state index in [0.717, 1.165) is 31.2 Å². The fraction of sp³-hybridized carbons (Fsp3) is 0.765. The zero-order valence-electron chi connectivity index (χ0n) is 14.2. The molecule has 0 aromatic carbocycles. The number of hydrogen-bond donors (Lipinski definition) is 0. The summed E-state index contributed by atoms with van der Waals surface area (Å²) in [6.45, 7) is 5.69. The first-order valence-corrected chi connectivity index (χ1v) is 11.3. The summed E-state index contributed by atoms with van der Waals surface area (Å²) in [5.74, 6) is 0.786. The predicted molar refractivity (Wildman–Crippen MR) is 94.9 cm³/mol. The van der Waals surface area contributed by atoms with Gasteiger partial charge in [0.05, 0.1) is 18.8 Å². The predicted octanol–water partition coefficient (Wildman–Crippen LogP) is 2.32. The SMILES string of the molecule is Cc1ccsc1S(=O)(=O)N1C[C@@H]2OCCN(CC3CCCC3)[C@H]2C1. The molecular weight excluding hydrogens is 344 g/mol. The van der Waals surface area contributed by atoms with Crippen LogP contribution in [-0.4, -0.2) is 62.6 Å². The molecule has 0 N–H and O–H groups in total. The highest BCUT2D eigenvalue weighted by Gasteiger charge is 2.45. The molecule has 0 bridgehead atoms. The lowest BCUT2D eigenvalue weighted by Gasteiger charge is -2.38. The van der Waals surface area contributed by atoms with E-state index in [0.29, 0.717) is 17.3 Å². The molecule has 24 heavy (non-hydrogen) atoms. The molecule has 1 aliphatic carbocycles. The van der Waals surface area contributed by atoms with E-state index < -0.39 is 10.0 Å². The Bertz CT molecular complexity index is 682. The van der Waals surface area contributed by atoms with E-state index in [1.165, 1.54) is 37.0 Å². The number of thiophene rings is 1. The van der Waals surface area contributed by atoms with Crippen LogP contribution in [0.25, 0.3) is 0 Å². The third-order valence-corrected chi connectivity index (χ3v) is 9.24. The second-order valence-electron chi connectivity index (χ2n) is 7.34. The van der Waals surface area contributed by atoms with Gasteiger partial charge in [0.15, 0.2) is 0 Å². The Labute approximate surface area is 148 Å². The highest BCUT2D eigenvalue weighted by molar-refractivity contribution is 7.91. The molecule has 1 aromatic rings. The first-order valence-electron chi connectivity index (χ1n) is 8.95. The average Bonchev–Trinajstić information content (AvgIpc) is 3.26. The van der Waals surface area contributed by atoms with Crippen molar-refractivity contribution in [3.05, 3.63) is 17.0 Å². The molecule has 3 aliphatic rings. The summed E-state index contributed by atoms with van der Waals surface area (Å²) in [4.78, 5) is 2.50. The molecule has 5 nitrogen and oxygen atoms in total. The van der Waals surface area contributed by atoms with Gasteiger partial charge in [-0.3, -0.25) is 4.90 Å². The van der Waals surface area contributed by atoms with E-state index in [9.17, 15) is 8.42 Å². The summed E-state index contributed by atoms with van der Waals surface area (Å²) in [6.07, 6.45) is 5.37. The first kappa shape index (κ1) is 17.0. The molecule has 0 spiro atoms. The van der Waals surface area contributed by atoms with Gasteiger partial charge in [0.1, 0.15) is 4.21 Å². The monoisotopic (exact) mass is 370 g/mol. The second kappa shape index (κ2) is 6.68. The summed E-state index contributed by atoms with van der Waals surface area (Å²) < 4.78 is 34.0. The Kier molecular flexibility index (Phi) is 4.73. The molecule has 4 rings (SSSR count). The van der Waals surface area contributed by atoms with E-state index in [1.807, 2.05) is 18.4 Å². The number of fused-ring (bicyclic) bond motifs is 1. The second-order valence-corrected chi connectivity index (χ2v) is 10.4. The Balaban J connectivity index is 1.50. The molecule has 3 heterocycles. The zero-order chi connectivity index (χ0) is 16.7. The normalized spacial score (nSPS) is 30.0. The van der Waals surface area contributed by atoms with Gasteiger partial charge in [-0.15, -0.1) is 11.3 Å². The zero-order valence-corrected chi connectivity index (χ0v) is 15.8. The number of hydrogen-bond acceptors (Lipinski definition) is 5. The van der Waals surface area contributed by atoms with Crippen LogP contribution in [0.3, 0.4) is 0 Å². The van der Waals surface area contributed by atoms with Crippen LogP contribution < -0.4 is 0 Å². The Morgan fingerprint density at radius 1 is 1.29 bits per heavy atom. The van der Waals surface area contributed by atoms with Crippen LogP contribution in [0.1, 0.15) is 31.2 Å². The molecule has 2 aliphatic heterocycles. The quantitative estimate of drug-likeness (QED) is 0.816. The number of rotatable bonds is 4. The van der Waals surface area contributed by atoms with Crippen LogP contribution in [-0.2, 0) is 14.8 Å². The Morgan fingerprint density at radius 3 is 2.79 bits per heavy atom. The van der Waals surface area contributed by atoms with E-state index in [2.05, 4.69) is 4.90 Å². The van der Waals surface area contributed by atoms with Crippen molar-refractivity contribution in [3.8, 4) is 0 Å². The van der Waals surface area contributed by atoms with Gasteiger partial charge >= 0.3 is 0 Å². The van der Waals surface area contributed by atoms with Crippen molar-refractivity contribution in [1.29, 1.82) is 0 Å². The van der Waals surface area contributed by atoms with Crippen LogP contribution in [0.15, 0.2) is 15.7 Å². The summed E-state index contributed by atoms with van der Waals surface area (Å²) in [7, 11) is -3.39. The van der Waals surface area contributed by atoms with Crippen LogP contribution >= 0.6 is 11.3 Å². The molecule has 7 heteroatoms. The summed E-state index contributed by atoms with van der Waals surface area (Å²) >= 11 is 1.32. The number of ether oxygens (including phenoxy) is 1. The first-order chi connectivity index (χ1) is 11.6. The van der Waals surface area contributed by atoms with Gasteiger partial charge < -0.3 is 4.74 Å². The van der Waals surface area contributed by atoms with Gasteiger partial charge in [0, 0.05) is 26.2 Å². The number of aryl methyl sites for hydroxylation is 1. The molecule has 2 saturated heterocycles. The van der Waals surface area contributed by atoms with Gasteiger partial charge in [-0.25, -0.2) is 8.42 Å². The standard InChI is InChI=1S/C17H26N2O3S2/c1-13-6-9-23-17(13)24(20,21)19-11-15-16(12-19)22-8-7-18(15)10-14-4-2-3-5-14/h6,9,14-16H,2-5,7-8,10-12H2,1H3/t15-,16-/m0/s1. The minimum absolute atomic E-state index is 0.0233. The summed E-state index contributed by atoms with van der Waals surface area (Å²) in [5.41, 5.74) is 0.846. The smallest absolute Gasteiger partial charge is 0.252 e. The number of morpholine rings is 1. The van der Waals surface area contributed by atoms with Crippen LogP contribution in [0.2, 0.25) is 0 Å². The Hall–Kier alpha value is -0.470. The lowest BCUT2D eigenvalue weighted by Crippen LogP contribution is -2.52. The maximum Gasteiger partial charge on any atom is 0.252 e. The van der Waals surface area contributed by atoms with E-state index in [-0.39, 0.29) is 12.1 Å². The van der Waals surface area contributed by atoms with Gasteiger partial charge in [-0.05, 0) is 42.7 Å². The van der Waals surface area contributed by atoms with Gasteiger partial charge in [0.2, 0.25) is 0 Å². The lowest BCUT2D eigenvalue weighted by molar-refractivity contribution is -0.0514. The molecular formula is C17H26N2O3S2. The third kappa shape index (κ3) is 3.05. The van der Waals surface area contributed by atoms with Crippen molar-refractivity contribution in [2.45, 2.75) is 49.0 Å². The van der Waals surface area contributed by atoms with Crippen molar-refractivity contribution in [2.24, 2.45) is 5.92 Å². The maximum absolute atomic E-state index is 13.0. The van der Waals surface area contributed by atoms with Crippen LogP contribution in [0.5, 0.6) is 0 Å². The molecule has 1 aromatic heterocycles. The molecule has 0 radical (unpaired) electrons. The largest absolute Gasteiger partial charge is 0.374 e. The van der Waals surface area contributed by atoms with Gasteiger partial charge in [0.25, 0.3) is 10.0 Å². The van der Waals surface area contributed by atoms with Crippen molar-refractivity contribution in [2.75, 3.05) is 32.8 Å². The molecule has 2 atom stereocenters. The molecule has 1 saturated carbocycles. The molecule has 3 fully saturated rings. The van der Waals surface area contributed by atoms with Crippen molar-refractivity contribution in [1.82, 2.24) is 9.21 Å². The van der Waals surface area contributed by atoms with Crippen molar-refractivity contribution < 1.29 is 13.2 Å².